The average molecular weight is 563 g/mol. The zero-order chi connectivity index (χ0) is 29.0. The highest BCUT2D eigenvalue weighted by atomic mass is 15.2. The molecule has 0 saturated heterocycles. The van der Waals surface area contributed by atoms with Crippen LogP contribution in [0, 0.1) is 0 Å². The molecule has 0 bridgehead atoms. The first-order valence-electron chi connectivity index (χ1n) is 15.4. The molecular weight excluding hydrogens is 532 g/mol. The fourth-order valence-corrected chi connectivity index (χ4v) is 7.39. The zero-order valence-electron chi connectivity index (χ0n) is 24.3. The molecule has 0 spiro atoms. The number of para-hydroxylation sites is 3. The summed E-state index contributed by atoms with van der Waals surface area (Å²) in [5.74, 6) is 0. The van der Waals surface area contributed by atoms with Crippen molar-refractivity contribution in [3.63, 3.8) is 0 Å². The van der Waals surface area contributed by atoms with E-state index in [2.05, 4.69) is 173 Å². The molecule has 0 saturated carbocycles. The largest absolute Gasteiger partial charge is 0.333 e. The number of allylic oxidation sites excluding steroid dienone is 2. The van der Waals surface area contributed by atoms with Gasteiger partial charge >= 0.3 is 0 Å². The van der Waals surface area contributed by atoms with E-state index in [1.54, 1.807) is 0 Å². The molecule has 9 rings (SSSR count). The molecule has 44 heavy (non-hydrogen) atoms. The summed E-state index contributed by atoms with van der Waals surface area (Å²) in [5.41, 5.74) is 14.1. The third kappa shape index (κ3) is 3.81. The maximum atomic E-state index is 2.53. The van der Waals surface area contributed by atoms with Gasteiger partial charge in [-0.3, -0.25) is 0 Å². The van der Waals surface area contributed by atoms with Crippen LogP contribution in [0.1, 0.15) is 17.5 Å². The van der Waals surface area contributed by atoms with E-state index in [0.717, 1.165) is 6.42 Å². The molecule has 1 atom stereocenters. The van der Waals surface area contributed by atoms with Crippen LogP contribution < -0.4 is 4.90 Å². The second-order valence-electron chi connectivity index (χ2n) is 11.7. The Labute approximate surface area is 257 Å². The number of hydrogen-bond donors (Lipinski definition) is 0. The van der Waals surface area contributed by atoms with Gasteiger partial charge in [0.05, 0.1) is 17.1 Å². The van der Waals surface area contributed by atoms with E-state index in [0.29, 0.717) is 0 Å². The lowest BCUT2D eigenvalue weighted by Crippen LogP contribution is -2.28. The highest BCUT2D eigenvalue weighted by Crippen LogP contribution is 2.50. The van der Waals surface area contributed by atoms with Crippen molar-refractivity contribution in [2.75, 3.05) is 4.90 Å². The highest BCUT2D eigenvalue weighted by Gasteiger charge is 2.36. The topological polar surface area (TPSA) is 8.17 Å². The summed E-state index contributed by atoms with van der Waals surface area (Å²) in [4.78, 5) is 2.53. The molecule has 1 aromatic heterocycles. The number of hydrogen-bond acceptors (Lipinski definition) is 1. The lowest BCUT2D eigenvalue weighted by atomic mass is 9.86. The Morgan fingerprint density at radius 1 is 0.477 bits per heavy atom. The Hall–Kier alpha value is -5.60. The quantitative estimate of drug-likeness (QED) is 0.207. The molecule has 2 aliphatic rings. The molecule has 0 fully saturated rings. The number of rotatable bonds is 4. The van der Waals surface area contributed by atoms with Crippen LogP contribution in [0.15, 0.2) is 164 Å². The van der Waals surface area contributed by atoms with Crippen LogP contribution in [0.4, 0.5) is 11.4 Å². The molecule has 0 N–H and O–H groups in total. The minimum atomic E-state index is 0.254. The van der Waals surface area contributed by atoms with Gasteiger partial charge in [0.1, 0.15) is 0 Å². The Morgan fingerprint density at radius 3 is 1.98 bits per heavy atom. The minimum Gasteiger partial charge on any atom is -0.333 e. The predicted octanol–water partition coefficient (Wildman–Crippen LogP) is 10.8. The van der Waals surface area contributed by atoms with Crippen molar-refractivity contribution in [2.45, 2.75) is 12.5 Å². The summed E-state index contributed by atoms with van der Waals surface area (Å²) in [5, 5.41) is 2.61. The van der Waals surface area contributed by atoms with Gasteiger partial charge in [-0.25, -0.2) is 0 Å². The lowest BCUT2D eigenvalue weighted by molar-refractivity contribution is 0.841. The first-order chi connectivity index (χ1) is 21.8. The number of nitrogens with zero attached hydrogens (tertiary/aromatic N) is 2. The molecule has 7 aromatic rings. The van der Waals surface area contributed by atoms with Gasteiger partial charge in [-0.2, -0.15) is 0 Å². The van der Waals surface area contributed by atoms with E-state index in [1.165, 1.54) is 72.3 Å². The van der Waals surface area contributed by atoms with Gasteiger partial charge in [0.15, 0.2) is 0 Å². The van der Waals surface area contributed by atoms with Crippen LogP contribution in [-0.2, 0) is 0 Å². The molecule has 0 amide bonds. The van der Waals surface area contributed by atoms with Crippen LogP contribution in [0.2, 0.25) is 0 Å². The summed E-state index contributed by atoms with van der Waals surface area (Å²) >= 11 is 0. The second-order valence-corrected chi connectivity index (χ2v) is 11.7. The van der Waals surface area contributed by atoms with Gasteiger partial charge in [0.25, 0.3) is 0 Å². The van der Waals surface area contributed by atoms with Crippen molar-refractivity contribution in [3.8, 4) is 16.8 Å². The fraction of sp³-hybridized carbons (Fsp3) is 0.0476. The third-order valence-corrected chi connectivity index (χ3v) is 9.33. The molecule has 1 aliphatic carbocycles. The van der Waals surface area contributed by atoms with Crippen molar-refractivity contribution in [1.29, 1.82) is 0 Å². The number of aromatic nitrogens is 1. The van der Waals surface area contributed by atoms with Crippen molar-refractivity contribution in [2.24, 2.45) is 0 Å². The van der Waals surface area contributed by atoms with E-state index < -0.39 is 0 Å². The number of fused-ring (bicyclic) bond motifs is 6. The summed E-state index contributed by atoms with van der Waals surface area (Å²) in [7, 11) is 0. The maximum absolute atomic E-state index is 2.53. The normalized spacial score (nSPS) is 15.6. The molecule has 2 heterocycles. The highest BCUT2D eigenvalue weighted by molar-refractivity contribution is 6.14. The Kier molecular flexibility index (Phi) is 5.67. The molecule has 1 aliphatic heterocycles. The zero-order valence-corrected chi connectivity index (χ0v) is 24.3. The SMILES string of the molecule is C1=C(c2cccc3c2c2ccccc2n3-c2ccc(-c3ccccc3)cc2)CC2C(=C1)c1ccccc1N2c1ccccc1. The van der Waals surface area contributed by atoms with Crippen molar-refractivity contribution in [1.82, 2.24) is 4.57 Å². The minimum absolute atomic E-state index is 0.254. The third-order valence-electron chi connectivity index (χ3n) is 9.33. The van der Waals surface area contributed by atoms with Gasteiger partial charge in [-0.1, -0.05) is 121 Å². The van der Waals surface area contributed by atoms with Crippen molar-refractivity contribution in [3.05, 3.63) is 175 Å². The van der Waals surface area contributed by atoms with E-state index in [4.69, 9.17) is 0 Å². The molecule has 2 nitrogen and oxygen atoms in total. The summed E-state index contributed by atoms with van der Waals surface area (Å²) in [6.07, 6.45) is 5.68. The lowest BCUT2D eigenvalue weighted by Gasteiger charge is -2.31. The molecular formula is C42H30N2. The first kappa shape index (κ1) is 24.9. The smallest absolute Gasteiger partial charge is 0.0638 e. The van der Waals surface area contributed by atoms with Gasteiger partial charge in [-0.05, 0) is 76.7 Å². The Bertz CT molecular complexity index is 2240. The van der Waals surface area contributed by atoms with Crippen LogP contribution >= 0.6 is 0 Å². The van der Waals surface area contributed by atoms with Crippen LogP contribution in [0.25, 0.3) is 49.8 Å². The van der Waals surface area contributed by atoms with Crippen LogP contribution in [0.3, 0.4) is 0 Å². The van der Waals surface area contributed by atoms with Gasteiger partial charge < -0.3 is 9.47 Å². The van der Waals surface area contributed by atoms with E-state index in [-0.39, 0.29) is 6.04 Å². The Balaban J connectivity index is 1.19. The van der Waals surface area contributed by atoms with E-state index in [1.807, 2.05) is 0 Å². The molecule has 6 aromatic carbocycles. The standard InChI is InChI=1S/C42H30N2/c1-3-12-29(13-4-1)30-22-25-33(26-23-30)43-39-20-10-8-17-37(39)42-34(18-11-21-40(42)43)31-24-27-36-35-16-7-9-19-38(35)44(41(36)28-31)32-14-5-2-6-15-32/h1-27,41H,28H2. The van der Waals surface area contributed by atoms with E-state index >= 15 is 0 Å². The summed E-state index contributed by atoms with van der Waals surface area (Å²) in [6, 6.07) is 55.2. The first-order valence-corrected chi connectivity index (χ1v) is 15.4. The number of benzene rings is 6. The predicted molar refractivity (Wildman–Crippen MR) is 186 cm³/mol. The van der Waals surface area contributed by atoms with Gasteiger partial charge in [-0.15, -0.1) is 0 Å². The van der Waals surface area contributed by atoms with Crippen LogP contribution in [-0.4, -0.2) is 10.6 Å². The molecule has 2 heteroatoms. The molecule has 1 unspecified atom stereocenters. The number of anilines is 2. The molecule has 0 radical (unpaired) electrons. The van der Waals surface area contributed by atoms with Gasteiger partial charge in [0, 0.05) is 33.4 Å². The Morgan fingerprint density at radius 2 is 1.14 bits per heavy atom. The van der Waals surface area contributed by atoms with Gasteiger partial charge in [0.2, 0.25) is 0 Å². The van der Waals surface area contributed by atoms with Crippen molar-refractivity contribution >= 4 is 44.3 Å². The van der Waals surface area contributed by atoms with Crippen molar-refractivity contribution < 1.29 is 0 Å². The van der Waals surface area contributed by atoms with Crippen LogP contribution in [0.5, 0.6) is 0 Å². The monoisotopic (exact) mass is 562 g/mol. The van der Waals surface area contributed by atoms with E-state index in [9.17, 15) is 0 Å². The second kappa shape index (κ2) is 10.00. The fourth-order valence-electron chi connectivity index (χ4n) is 7.39. The molecule has 208 valence electrons. The average Bonchev–Trinajstić information content (AvgIpc) is 3.62. The summed E-state index contributed by atoms with van der Waals surface area (Å²) < 4.78 is 2.43. The summed E-state index contributed by atoms with van der Waals surface area (Å²) in [6.45, 7) is 0. The maximum Gasteiger partial charge on any atom is 0.0638 e.